The molecule has 0 bridgehead atoms. The number of rotatable bonds is 8. The van der Waals surface area contributed by atoms with Crippen LogP contribution in [-0.4, -0.2) is 42.8 Å². The SMILES string of the molecule is CCCCOC(=O)[C@H](Cc1ccc(OC(=O)C(F)(F)F)cc1)NC(=O)C(F)(F)F. The van der Waals surface area contributed by atoms with Crippen LogP contribution in [0, 0.1) is 0 Å². The van der Waals surface area contributed by atoms with E-state index in [4.69, 9.17) is 4.74 Å². The third-order valence-corrected chi connectivity index (χ3v) is 3.39. The largest absolute Gasteiger partial charge is 0.491 e. The number of unbranched alkanes of at least 4 members (excludes halogenated alkanes) is 1. The van der Waals surface area contributed by atoms with Gasteiger partial charge in [0.1, 0.15) is 11.8 Å². The summed E-state index contributed by atoms with van der Waals surface area (Å²) in [6, 6.07) is 2.51. The predicted molar refractivity (Wildman–Crippen MR) is 85.7 cm³/mol. The Morgan fingerprint density at radius 1 is 1.00 bits per heavy atom. The lowest BCUT2D eigenvalue weighted by molar-refractivity contribution is -0.189. The van der Waals surface area contributed by atoms with Crippen molar-refractivity contribution in [2.75, 3.05) is 6.61 Å². The third kappa shape index (κ3) is 8.40. The quantitative estimate of drug-likeness (QED) is 0.297. The van der Waals surface area contributed by atoms with Crippen LogP contribution in [0.1, 0.15) is 25.3 Å². The van der Waals surface area contributed by atoms with Gasteiger partial charge in [0, 0.05) is 6.42 Å². The lowest BCUT2D eigenvalue weighted by Crippen LogP contribution is -2.48. The number of carbonyl (C=O) groups is 3. The topological polar surface area (TPSA) is 81.7 Å². The maximum Gasteiger partial charge on any atom is 0.491 e. The Bertz CT molecular complexity index is 715. The van der Waals surface area contributed by atoms with E-state index in [9.17, 15) is 40.7 Å². The minimum absolute atomic E-state index is 0.0555. The first-order valence-corrected chi connectivity index (χ1v) is 8.26. The standard InChI is InChI=1S/C17H17F6NO5/c1-2-3-8-28-13(25)12(24-14(26)16(18,19)20)9-10-4-6-11(7-5-10)29-15(27)17(21,22)23/h4-7,12H,2-3,8-9H2,1H3,(H,24,26)/t12-/m0/s1. The molecule has 0 radical (unpaired) electrons. The summed E-state index contributed by atoms with van der Waals surface area (Å²) in [5, 5.41) is 1.53. The number of amides is 1. The van der Waals surface area contributed by atoms with Crippen molar-refractivity contribution in [2.24, 2.45) is 0 Å². The lowest BCUT2D eigenvalue weighted by Gasteiger charge is -2.19. The van der Waals surface area contributed by atoms with Crippen molar-refractivity contribution in [3.8, 4) is 5.75 Å². The van der Waals surface area contributed by atoms with E-state index in [-0.39, 0.29) is 12.2 Å². The average molecular weight is 429 g/mol. The number of benzene rings is 1. The van der Waals surface area contributed by atoms with Gasteiger partial charge in [0.2, 0.25) is 0 Å². The predicted octanol–water partition coefficient (Wildman–Crippen LogP) is 3.09. The highest BCUT2D eigenvalue weighted by molar-refractivity contribution is 5.87. The van der Waals surface area contributed by atoms with E-state index < -0.39 is 48.4 Å². The molecule has 12 heteroatoms. The van der Waals surface area contributed by atoms with Crippen LogP contribution in [0.5, 0.6) is 5.75 Å². The van der Waals surface area contributed by atoms with Gasteiger partial charge in [-0.1, -0.05) is 25.5 Å². The van der Waals surface area contributed by atoms with E-state index in [1.165, 1.54) is 5.32 Å². The summed E-state index contributed by atoms with van der Waals surface area (Å²) in [6.07, 6.45) is -9.73. The summed E-state index contributed by atoms with van der Waals surface area (Å²) < 4.78 is 82.9. The molecule has 0 aliphatic heterocycles. The minimum atomic E-state index is -5.22. The second kappa shape index (κ2) is 10.1. The van der Waals surface area contributed by atoms with Crippen LogP contribution in [-0.2, 0) is 25.5 Å². The molecule has 6 nitrogen and oxygen atoms in total. The Balaban J connectivity index is 2.87. The molecule has 0 fully saturated rings. The molecule has 0 unspecified atom stereocenters. The average Bonchev–Trinajstić information content (AvgIpc) is 2.61. The maximum absolute atomic E-state index is 12.5. The van der Waals surface area contributed by atoms with Crippen LogP contribution >= 0.6 is 0 Å². The van der Waals surface area contributed by atoms with E-state index in [0.29, 0.717) is 12.8 Å². The first kappa shape index (κ1) is 24.2. The highest BCUT2D eigenvalue weighted by atomic mass is 19.4. The summed E-state index contributed by atoms with van der Waals surface area (Å²) in [5.74, 6) is -6.34. The van der Waals surface area contributed by atoms with Crippen molar-refractivity contribution in [1.29, 1.82) is 0 Å². The molecule has 0 saturated carbocycles. The van der Waals surface area contributed by atoms with Crippen LogP contribution in [0.15, 0.2) is 24.3 Å². The van der Waals surface area contributed by atoms with Crippen molar-refractivity contribution in [3.05, 3.63) is 29.8 Å². The molecule has 1 atom stereocenters. The fourth-order valence-electron chi connectivity index (χ4n) is 1.95. The number of hydrogen-bond donors (Lipinski definition) is 1. The van der Waals surface area contributed by atoms with Crippen LogP contribution in [0.25, 0.3) is 0 Å². The molecule has 0 spiro atoms. The molecule has 162 valence electrons. The molecular formula is C17H17F6NO5. The zero-order valence-corrected chi connectivity index (χ0v) is 15.0. The van der Waals surface area contributed by atoms with Crippen molar-refractivity contribution < 1.29 is 50.2 Å². The van der Waals surface area contributed by atoms with E-state index in [0.717, 1.165) is 24.3 Å². The fraction of sp³-hybridized carbons (Fsp3) is 0.471. The Labute approximate surface area is 161 Å². The van der Waals surface area contributed by atoms with E-state index in [1.807, 2.05) is 0 Å². The van der Waals surface area contributed by atoms with E-state index in [1.54, 1.807) is 6.92 Å². The van der Waals surface area contributed by atoms with Crippen molar-refractivity contribution >= 4 is 17.8 Å². The fourth-order valence-corrected chi connectivity index (χ4v) is 1.95. The number of carbonyl (C=O) groups excluding carboxylic acids is 3. The number of nitrogens with one attached hydrogen (secondary N) is 1. The molecule has 1 N–H and O–H groups in total. The maximum atomic E-state index is 12.5. The summed E-state index contributed by atoms with van der Waals surface area (Å²) >= 11 is 0. The number of ether oxygens (including phenoxy) is 2. The first-order valence-electron chi connectivity index (χ1n) is 8.26. The third-order valence-electron chi connectivity index (χ3n) is 3.39. The van der Waals surface area contributed by atoms with Gasteiger partial charge in [-0.05, 0) is 24.1 Å². The summed E-state index contributed by atoms with van der Waals surface area (Å²) in [5.41, 5.74) is 0.178. The van der Waals surface area contributed by atoms with Gasteiger partial charge in [0.15, 0.2) is 0 Å². The molecule has 0 aromatic heterocycles. The van der Waals surface area contributed by atoms with Gasteiger partial charge in [-0.3, -0.25) is 4.79 Å². The Kier molecular flexibility index (Phi) is 8.46. The minimum Gasteiger partial charge on any atom is -0.464 e. The number of halogens is 6. The summed E-state index contributed by atoms with van der Waals surface area (Å²) in [6.45, 7) is 1.74. The molecule has 1 aromatic rings. The van der Waals surface area contributed by atoms with Gasteiger partial charge < -0.3 is 14.8 Å². The molecule has 0 aliphatic rings. The van der Waals surface area contributed by atoms with E-state index in [2.05, 4.69) is 4.74 Å². The monoisotopic (exact) mass is 429 g/mol. The van der Waals surface area contributed by atoms with Gasteiger partial charge in [0.05, 0.1) is 6.61 Å². The van der Waals surface area contributed by atoms with Gasteiger partial charge in [-0.25, -0.2) is 9.59 Å². The number of hydrogen-bond acceptors (Lipinski definition) is 5. The highest BCUT2D eigenvalue weighted by Crippen LogP contribution is 2.21. The second-order valence-corrected chi connectivity index (χ2v) is 5.78. The van der Waals surface area contributed by atoms with Crippen LogP contribution < -0.4 is 10.1 Å². The van der Waals surface area contributed by atoms with Crippen molar-refractivity contribution in [1.82, 2.24) is 5.32 Å². The summed E-state index contributed by atoms with van der Waals surface area (Å²) in [4.78, 5) is 33.9. The molecular weight excluding hydrogens is 412 g/mol. The van der Waals surface area contributed by atoms with Crippen LogP contribution in [0.2, 0.25) is 0 Å². The lowest BCUT2D eigenvalue weighted by atomic mass is 10.1. The van der Waals surface area contributed by atoms with Crippen LogP contribution in [0.4, 0.5) is 26.3 Å². The molecule has 0 heterocycles. The Morgan fingerprint density at radius 3 is 2.07 bits per heavy atom. The van der Waals surface area contributed by atoms with Crippen LogP contribution in [0.3, 0.4) is 0 Å². The van der Waals surface area contributed by atoms with Crippen molar-refractivity contribution in [3.63, 3.8) is 0 Å². The molecule has 1 amide bonds. The highest BCUT2D eigenvalue weighted by Gasteiger charge is 2.42. The first-order chi connectivity index (χ1) is 13.3. The molecule has 29 heavy (non-hydrogen) atoms. The van der Waals surface area contributed by atoms with Crippen molar-refractivity contribution in [2.45, 2.75) is 44.6 Å². The van der Waals surface area contributed by atoms with Gasteiger partial charge in [0.25, 0.3) is 0 Å². The zero-order chi connectivity index (χ0) is 22.2. The zero-order valence-electron chi connectivity index (χ0n) is 15.0. The van der Waals surface area contributed by atoms with E-state index >= 15 is 0 Å². The number of alkyl halides is 6. The normalized spacial score (nSPS) is 12.8. The Morgan fingerprint density at radius 2 is 1.59 bits per heavy atom. The molecule has 1 aromatic carbocycles. The second-order valence-electron chi connectivity index (χ2n) is 5.78. The summed E-state index contributed by atoms with van der Waals surface area (Å²) in [7, 11) is 0. The molecule has 0 saturated heterocycles. The smallest absolute Gasteiger partial charge is 0.464 e. The van der Waals surface area contributed by atoms with Gasteiger partial charge >= 0.3 is 30.2 Å². The molecule has 0 aliphatic carbocycles. The number of esters is 2. The van der Waals surface area contributed by atoms with Gasteiger partial charge in [-0.2, -0.15) is 26.3 Å². The molecule has 1 rings (SSSR count). The van der Waals surface area contributed by atoms with Gasteiger partial charge in [-0.15, -0.1) is 0 Å². The Hall–Kier alpha value is -2.79.